The Morgan fingerprint density at radius 3 is 2.18 bits per heavy atom. The quantitative estimate of drug-likeness (QED) is 0.633. The van der Waals surface area contributed by atoms with Gasteiger partial charge in [-0.15, -0.1) is 0 Å². The zero-order chi connectivity index (χ0) is 8.48. The van der Waals surface area contributed by atoms with Gasteiger partial charge in [-0.3, -0.25) is 0 Å². The Labute approximate surface area is 78.6 Å². The second kappa shape index (κ2) is 3.15. The van der Waals surface area contributed by atoms with Gasteiger partial charge < -0.3 is 5.32 Å². The molecule has 1 rings (SSSR count). The molecule has 0 aromatic rings. The maximum Gasteiger partial charge on any atom is 0.0806 e. The van der Waals surface area contributed by atoms with Crippen LogP contribution in [0.3, 0.4) is 0 Å². The van der Waals surface area contributed by atoms with Gasteiger partial charge >= 0.3 is 0 Å². The highest BCUT2D eigenvalue weighted by Gasteiger charge is 2.29. The van der Waals surface area contributed by atoms with Crippen LogP contribution in [0, 0.1) is 5.41 Å². The SMILES string of the molecule is CCC1(C)CC(=S)NC(=S)C1. The largest absolute Gasteiger partial charge is 0.345 e. The average Bonchev–Trinajstić information content (AvgIpc) is 1.84. The number of rotatable bonds is 1. The monoisotopic (exact) mass is 187 g/mol. The van der Waals surface area contributed by atoms with E-state index in [1.54, 1.807) is 0 Å². The molecule has 1 heterocycles. The van der Waals surface area contributed by atoms with Gasteiger partial charge in [0.1, 0.15) is 0 Å². The third-order valence-electron chi connectivity index (χ3n) is 2.31. The molecule has 1 nitrogen and oxygen atoms in total. The number of hydrogen-bond donors (Lipinski definition) is 1. The normalized spacial score (nSPS) is 23.1. The molecule has 1 aliphatic heterocycles. The molecule has 1 fully saturated rings. The van der Waals surface area contributed by atoms with Gasteiger partial charge in [-0.05, 0) is 11.8 Å². The van der Waals surface area contributed by atoms with Crippen molar-refractivity contribution in [2.75, 3.05) is 0 Å². The van der Waals surface area contributed by atoms with Gasteiger partial charge in [-0.2, -0.15) is 0 Å². The third kappa shape index (κ3) is 2.20. The van der Waals surface area contributed by atoms with Gasteiger partial charge in [0.25, 0.3) is 0 Å². The minimum atomic E-state index is 0.319. The molecule has 0 atom stereocenters. The first-order chi connectivity index (χ1) is 5.06. The van der Waals surface area contributed by atoms with Crippen LogP contribution >= 0.6 is 24.4 Å². The van der Waals surface area contributed by atoms with Crippen molar-refractivity contribution in [3.05, 3.63) is 0 Å². The zero-order valence-electron chi connectivity index (χ0n) is 6.94. The van der Waals surface area contributed by atoms with E-state index in [0.717, 1.165) is 29.2 Å². The summed E-state index contributed by atoms with van der Waals surface area (Å²) in [5, 5.41) is 3.03. The molecule has 62 valence electrons. The molecule has 1 aliphatic rings. The van der Waals surface area contributed by atoms with Crippen molar-refractivity contribution in [2.24, 2.45) is 5.41 Å². The molecule has 0 amide bonds. The molecule has 0 unspecified atom stereocenters. The Bertz CT molecular complexity index is 182. The van der Waals surface area contributed by atoms with Gasteiger partial charge in [0.2, 0.25) is 0 Å². The minimum Gasteiger partial charge on any atom is -0.345 e. The van der Waals surface area contributed by atoms with E-state index in [4.69, 9.17) is 24.4 Å². The predicted molar refractivity (Wildman–Crippen MR) is 56.0 cm³/mol. The number of piperidine rings is 1. The highest BCUT2D eigenvalue weighted by atomic mass is 32.1. The molecular weight excluding hydrogens is 174 g/mol. The minimum absolute atomic E-state index is 0.319. The van der Waals surface area contributed by atoms with E-state index in [1.165, 1.54) is 0 Å². The Morgan fingerprint density at radius 1 is 1.36 bits per heavy atom. The summed E-state index contributed by atoms with van der Waals surface area (Å²) in [7, 11) is 0. The highest BCUT2D eigenvalue weighted by Crippen LogP contribution is 2.33. The standard InChI is InChI=1S/C8H13NS2/c1-3-8(2)4-6(10)9-7(11)5-8/h3-5H2,1-2H3,(H,9,10,11). The van der Waals surface area contributed by atoms with Gasteiger partial charge in [0.15, 0.2) is 0 Å². The lowest BCUT2D eigenvalue weighted by Gasteiger charge is -2.33. The van der Waals surface area contributed by atoms with Crippen molar-refractivity contribution >= 4 is 34.4 Å². The molecule has 0 aromatic carbocycles. The first-order valence-corrected chi connectivity index (χ1v) is 4.70. The first-order valence-electron chi connectivity index (χ1n) is 3.88. The zero-order valence-corrected chi connectivity index (χ0v) is 8.57. The van der Waals surface area contributed by atoms with Gasteiger partial charge in [-0.1, -0.05) is 38.3 Å². The van der Waals surface area contributed by atoms with E-state index in [-0.39, 0.29) is 0 Å². The lowest BCUT2D eigenvalue weighted by atomic mass is 9.79. The van der Waals surface area contributed by atoms with Crippen molar-refractivity contribution in [1.29, 1.82) is 0 Å². The van der Waals surface area contributed by atoms with Gasteiger partial charge in [0.05, 0.1) is 9.98 Å². The van der Waals surface area contributed by atoms with Crippen molar-refractivity contribution in [3.8, 4) is 0 Å². The lowest BCUT2D eigenvalue weighted by Crippen LogP contribution is -2.41. The Hall–Kier alpha value is -0.0200. The molecule has 1 saturated heterocycles. The number of nitrogens with one attached hydrogen (secondary N) is 1. The van der Waals surface area contributed by atoms with Crippen molar-refractivity contribution in [3.63, 3.8) is 0 Å². The predicted octanol–water partition coefficient (Wildman–Crippen LogP) is 2.44. The van der Waals surface area contributed by atoms with Crippen LogP contribution in [-0.4, -0.2) is 9.98 Å². The molecule has 0 aromatic heterocycles. The van der Waals surface area contributed by atoms with E-state index >= 15 is 0 Å². The van der Waals surface area contributed by atoms with E-state index in [0.29, 0.717) is 5.41 Å². The van der Waals surface area contributed by atoms with Gasteiger partial charge in [-0.25, -0.2) is 0 Å². The summed E-state index contributed by atoms with van der Waals surface area (Å²) in [4.78, 5) is 1.82. The summed E-state index contributed by atoms with van der Waals surface area (Å²) in [5.74, 6) is 0. The second-order valence-corrected chi connectivity index (χ2v) is 4.47. The van der Waals surface area contributed by atoms with Crippen LogP contribution in [0.5, 0.6) is 0 Å². The van der Waals surface area contributed by atoms with E-state index in [2.05, 4.69) is 19.2 Å². The molecule has 0 bridgehead atoms. The van der Waals surface area contributed by atoms with E-state index in [1.807, 2.05) is 0 Å². The van der Waals surface area contributed by atoms with Crippen molar-refractivity contribution < 1.29 is 0 Å². The average molecular weight is 187 g/mol. The molecule has 3 heteroatoms. The Kier molecular flexibility index (Phi) is 2.60. The van der Waals surface area contributed by atoms with Crippen LogP contribution in [0.4, 0.5) is 0 Å². The molecule has 11 heavy (non-hydrogen) atoms. The van der Waals surface area contributed by atoms with Crippen molar-refractivity contribution in [1.82, 2.24) is 5.32 Å². The fraction of sp³-hybridized carbons (Fsp3) is 0.750. The van der Waals surface area contributed by atoms with Crippen LogP contribution in [-0.2, 0) is 0 Å². The molecule has 1 N–H and O–H groups in total. The fourth-order valence-corrected chi connectivity index (χ4v) is 2.34. The van der Waals surface area contributed by atoms with Crippen LogP contribution in [0.1, 0.15) is 33.1 Å². The molecule has 0 aliphatic carbocycles. The second-order valence-electron chi connectivity index (χ2n) is 3.49. The molecule has 0 spiro atoms. The Morgan fingerprint density at radius 2 is 1.82 bits per heavy atom. The van der Waals surface area contributed by atoms with E-state index in [9.17, 15) is 0 Å². The maximum atomic E-state index is 5.10. The summed E-state index contributed by atoms with van der Waals surface area (Å²) in [5.41, 5.74) is 0.319. The molecule has 0 radical (unpaired) electrons. The third-order valence-corrected chi connectivity index (χ3v) is 2.80. The topological polar surface area (TPSA) is 12.0 Å². The van der Waals surface area contributed by atoms with E-state index < -0.39 is 0 Å². The van der Waals surface area contributed by atoms with Crippen LogP contribution in [0.25, 0.3) is 0 Å². The van der Waals surface area contributed by atoms with Crippen molar-refractivity contribution in [2.45, 2.75) is 33.1 Å². The van der Waals surface area contributed by atoms with Crippen LogP contribution in [0.2, 0.25) is 0 Å². The highest BCUT2D eigenvalue weighted by molar-refractivity contribution is 7.82. The fourth-order valence-electron chi connectivity index (χ4n) is 1.33. The van der Waals surface area contributed by atoms with Crippen LogP contribution < -0.4 is 5.32 Å². The lowest BCUT2D eigenvalue weighted by molar-refractivity contribution is 0.332. The summed E-state index contributed by atoms with van der Waals surface area (Å²) in [6.45, 7) is 4.43. The van der Waals surface area contributed by atoms with Crippen LogP contribution in [0.15, 0.2) is 0 Å². The maximum absolute atomic E-state index is 5.10. The number of thiocarbonyl (C=S) groups is 2. The molecule has 0 saturated carbocycles. The summed E-state index contributed by atoms with van der Waals surface area (Å²) in [6.07, 6.45) is 3.12. The number of hydrogen-bond acceptors (Lipinski definition) is 2. The Balaban J connectivity index is 2.70. The summed E-state index contributed by atoms with van der Waals surface area (Å²) >= 11 is 10.2. The summed E-state index contributed by atoms with van der Waals surface area (Å²) < 4.78 is 0. The molecular formula is C8H13NS2. The van der Waals surface area contributed by atoms with Gasteiger partial charge in [0, 0.05) is 12.8 Å². The first kappa shape index (κ1) is 9.07. The smallest absolute Gasteiger partial charge is 0.0806 e. The summed E-state index contributed by atoms with van der Waals surface area (Å²) in [6, 6.07) is 0.